The molecule has 4 nitrogen and oxygen atoms in total. The van der Waals surface area contributed by atoms with E-state index in [4.69, 9.17) is 10.2 Å². The molecule has 0 aliphatic rings. The Morgan fingerprint density at radius 2 is 1.03 bits per heavy atom. The molecule has 0 aromatic heterocycles. The van der Waals surface area contributed by atoms with Crippen LogP contribution in [-0.4, -0.2) is 57.9 Å². The van der Waals surface area contributed by atoms with Gasteiger partial charge in [-0.3, -0.25) is 0 Å². The topological polar surface area (TPSA) is 74.6 Å². The van der Waals surface area contributed by atoms with E-state index in [1.54, 1.807) is 0 Å². The molecule has 0 heterocycles. The van der Waals surface area contributed by atoms with Gasteiger partial charge in [0.25, 0.3) is 0 Å². The lowest BCUT2D eigenvalue weighted by Gasteiger charge is -2.39. The van der Waals surface area contributed by atoms with Crippen LogP contribution in [0.3, 0.4) is 0 Å². The molecule has 0 unspecified atom stereocenters. The maximum absolute atomic E-state index is 13.3. The van der Waals surface area contributed by atoms with E-state index in [-0.39, 0.29) is 5.57 Å². The van der Waals surface area contributed by atoms with E-state index in [1.807, 2.05) is 0 Å². The fourth-order valence-electron chi connectivity index (χ4n) is 1.52. The van der Waals surface area contributed by atoms with Crippen molar-refractivity contribution in [3.8, 4) is 0 Å². The lowest BCUT2D eigenvalue weighted by molar-refractivity contribution is -0.440. The summed E-state index contributed by atoms with van der Waals surface area (Å²) >= 11 is 0. The van der Waals surface area contributed by atoms with Gasteiger partial charge in [-0.15, -0.1) is 0 Å². The van der Waals surface area contributed by atoms with Gasteiger partial charge in [-0.25, -0.2) is 9.59 Å². The molecule has 194 valence electrons. The predicted molar refractivity (Wildman–Crippen MR) is 83.9 cm³/mol. The standard InChI is InChI=1S/C12H9F13O2.C4H6O2/c1-5(6(26)27)3-2-4-7(13,14)8(15,16)9(17,18)10(19,20)11(21,22)12(23,24)25;1-3(2)4(5)6/h3H,2,4H2,1H3,(H,26,27);1H2,2H3,(H,5,6). The van der Waals surface area contributed by atoms with Crippen molar-refractivity contribution in [2.24, 2.45) is 0 Å². The van der Waals surface area contributed by atoms with E-state index < -0.39 is 66.1 Å². The lowest BCUT2D eigenvalue weighted by atomic mass is 9.92. The number of alkyl halides is 13. The van der Waals surface area contributed by atoms with Gasteiger partial charge in [0.2, 0.25) is 0 Å². The number of carboxylic acid groups (broad SMARTS) is 2. The molecule has 0 spiro atoms. The predicted octanol–water partition coefficient (Wildman–Crippen LogP) is 6.18. The number of hydrogen-bond acceptors (Lipinski definition) is 2. The Balaban J connectivity index is 0. The molecule has 17 heteroatoms. The van der Waals surface area contributed by atoms with Crippen LogP contribution in [0.5, 0.6) is 0 Å². The Hall–Kier alpha value is -2.49. The van der Waals surface area contributed by atoms with Crippen LogP contribution in [0.1, 0.15) is 26.7 Å². The number of carboxylic acids is 2. The van der Waals surface area contributed by atoms with Crippen molar-refractivity contribution < 1.29 is 76.9 Å². The first-order valence-corrected chi connectivity index (χ1v) is 7.97. The third-order valence-corrected chi connectivity index (χ3v) is 3.61. The van der Waals surface area contributed by atoms with Crippen LogP contribution in [0, 0.1) is 0 Å². The molecule has 0 aromatic carbocycles. The van der Waals surface area contributed by atoms with Crippen molar-refractivity contribution in [1.82, 2.24) is 0 Å². The van der Waals surface area contributed by atoms with Crippen LogP contribution < -0.4 is 0 Å². The quantitative estimate of drug-likeness (QED) is 0.282. The monoisotopic (exact) mass is 518 g/mol. The Labute approximate surface area is 176 Å². The summed E-state index contributed by atoms with van der Waals surface area (Å²) in [4.78, 5) is 19.9. The summed E-state index contributed by atoms with van der Waals surface area (Å²) < 4.78 is 166. The second kappa shape index (κ2) is 10.2. The maximum Gasteiger partial charge on any atom is 0.460 e. The van der Waals surface area contributed by atoms with Gasteiger partial charge in [0.1, 0.15) is 0 Å². The summed E-state index contributed by atoms with van der Waals surface area (Å²) in [7, 11) is 0. The van der Waals surface area contributed by atoms with Crippen LogP contribution in [0.4, 0.5) is 57.1 Å². The Morgan fingerprint density at radius 3 is 1.30 bits per heavy atom. The summed E-state index contributed by atoms with van der Waals surface area (Å²) in [5.74, 6) is -39.7. The number of allylic oxidation sites excluding steroid dienone is 1. The van der Waals surface area contributed by atoms with Crippen molar-refractivity contribution in [2.45, 2.75) is 62.5 Å². The van der Waals surface area contributed by atoms with E-state index in [0.29, 0.717) is 6.08 Å². The van der Waals surface area contributed by atoms with Crippen LogP contribution in [-0.2, 0) is 9.59 Å². The van der Waals surface area contributed by atoms with Crippen LogP contribution in [0.15, 0.2) is 23.8 Å². The highest BCUT2D eigenvalue weighted by Crippen LogP contribution is 2.60. The van der Waals surface area contributed by atoms with Crippen molar-refractivity contribution in [1.29, 1.82) is 0 Å². The molecular weight excluding hydrogens is 503 g/mol. The van der Waals surface area contributed by atoms with E-state index in [9.17, 15) is 66.7 Å². The largest absolute Gasteiger partial charge is 0.478 e. The molecular formula is C16H15F13O4. The smallest absolute Gasteiger partial charge is 0.460 e. The van der Waals surface area contributed by atoms with E-state index in [1.165, 1.54) is 6.92 Å². The second-order valence-corrected chi connectivity index (χ2v) is 6.32. The fraction of sp³-hybridized carbons (Fsp3) is 0.625. The van der Waals surface area contributed by atoms with Crippen LogP contribution in [0.25, 0.3) is 0 Å². The molecule has 0 atom stereocenters. The molecule has 0 aromatic rings. The van der Waals surface area contributed by atoms with Gasteiger partial charge in [0, 0.05) is 17.6 Å². The third kappa shape index (κ3) is 6.75. The van der Waals surface area contributed by atoms with Crippen molar-refractivity contribution in [2.75, 3.05) is 0 Å². The van der Waals surface area contributed by atoms with Crippen LogP contribution >= 0.6 is 0 Å². The number of carbonyl (C=O) groups is 2. The van der Waals surface area contributed by atoms with E-state index >= 15 is 0 Å². The summed E-state index contributed by atoms with van der Waals surface area (Å²) in [6.07, 6.45) is -11.0. The summed E-state index contributed by atoms with van der Waals surface area (Å²) in [5, 5.41) is 16.3. The molecule has 0 bridgehead atoms. The molecule has 0 aliphatic heterocycles. The summed E-state index contributed by atoms with van der Waals surface area (Å²) in [6, 6.07) is 0. The normalized spacial score (nSPS) is 14.3. The van der Waals surface area contributed by atoms with Crippen molar-refractivity contribution in [3.05, 3.63) is 23.8 Å². The molecule has 33 heavy (non-hydrogen) atoms. The van der Waals surface area contributed by atoms with E-state index in [0.717, 1.165) is 6.92 Å². The maximum atomic E-state index is 13.3. The SMILES string of the molecule is C=C(C)C(=O)O.CC(=CCCC(F)(F)C(F)(F)C(F)(F)C(F)(F)C(F)(F)C(F)(F)F)C(=O)O. The van der Waals surface area contributed by atoms with Gasteiger partial charge in [0.05, 0.1) is 0 Å². The molecule has 0 saturated heterocycles. The third-order valence-electron chi connectivity index (χ3n) is 3.61. The molecule has 0 saturated carbocycles. The molecule has 0 aliphatic carbocycles. The van der Waals surface area contributed by atoms with Gasteiger partial charge in [-0.2, -0.15) is 57.1 Å². The zero-order valence-corrected chi connectivity index (χ0v) is 16.3. The average molecular weight is 518 g/mol. The molecule has 0 radical (unpaired) electrons. The first-order chi connectivity index (χ1) is 14.2. The number of halogens is 13. The molecule has 2 N–H and O–H groups in total. The average Bonchev–Trinajstić information content (AvgIpc) is 2.59. The summed E-state index contributed by atoms with van der Waals surface area (Å²) in [5.41, 5.74) is -0.565. The summed E-state index contributed by atoms with van der Waals surface area (Å²) in [6.45, 7) is 5.36. The van der Waals surface area contributed by atoms with Crippen molar-refractivity contribution >= 4 is 11.9 Å². The van der Waals surface area contributed by atoms with Crippen molar-refractivity contribution in [3.63, 3.8) is 0 Å². The van der Waals surface area contributed by atoms with Gasteiger partial charge < -0.3 is 10.2 Å². The Bertz CT molecular complexity index is 755. The minimum atomic E-state index is -7.93. The second-order valence-electron chi connectivity index (χ2n) is 6.32. The van der Waals surface area contributed by atoms with Gasteiger partial charge >= 0.3 is 47.7 Å². The first kappa shape index (κ1) is 32.7. The Kier molecular flexibility index (Phi) is 10.1. The zero-order chi connectivity index (χ0) is 27.4. The van der Waals surface area contributed by atoms with Gasteiger partial charge in [0.15, 0.2) is 0 Å². The highest BCUT2D eigenvalue weighted by Gasteiger charge is 2.90. The molecule has 0 amide bonds. The number of hydrogen-bond donors (Lipinski definition) is 2. The van der Waals surface area contributed by atoms with E-state index in [2.05, 4.69) is 6.58 Å². The van der Waals surface area contributed by atoms with Crippen LogP contribution in [0.2, 0.25) is 0 Å². The minimum absolute atomic E-state index is 0.176. The lowest BCUT2D eigenvalue weighted by Crippen LogP contribution is -2.70. The van der Waals surface area contributed by atoms with Gasteiger partial charge in [-0.05, 0) is 20.3 Å². The van der Waals surface area contributed by atoms with Gasteiger partial charge in [-0.1, -0.05) is 12.7 Å². The number of aliphatic carboxylic acids is 2. The Morgan fingerprint density at radius 1 is 0.697 bits per heavy atom. The first-order valence-electron chi connectivity index (χ1n) is 7.97. The highest BCUT2D eigenvalue weighted by atomic mass is 19.4. The number of rotatable bonds is 9. The highest BCUT2D eigenvalue weighted by molar-refractivity contribution is 5.85. The zero-order valence-electron chi connectivity index (χ0n) is 16.3. The molecule has 0 rings (SSSR count). The fourth-order valence-corrected chi connectivity index (χ4v) is 1.52. The molecule has 0 fully saturated rings. The minimum Gasteiger partial charge on any atom is -0.478 e.